The summed E-state index contributed by atoms with van der Waals surface area (Å²) in [5.74, 6) is -3.99. The van der Waals surface area contributed by atoms with Crippen molar-refractivity contribution >= 4 is 25.8 Å². The molecule has 4 rings (SSSR count). The van der Waals surface area contributed by atoms with Gasteiger partial charge in [-0.05, 0) is 58.9 Å². The van der Waals surface area contributed by atoms with E-state index in [-0.39, 0.29) is 11.4 Å². The zero-order valence-corrected chi connectivity index (χ0v) is 27.5. The molecule has 3 atom stereocenters. The minimum atomic E-state index is -4.86. The molecule has 2 aliphatic rings. The fourth-order valence-electron chi connectivity index (χ4n) is 4.86. The molecule has 44 heavy (non-hydrogen) atoms. The summed E-state index contributed by atoms with van der Waals surface area (Å²) in [6, 6.07) is 18.1. The number of primary amides is 1. The summed E-state index contributed by atoms with van der Waals surface area (Å²) in [5.41, 5.74) is 8.31. The number of carbonyl (C=O) groups is 2. The van der Waals surface area contributed by atoms with Gasteiger partial charge in [-0.2, -0.15) is 13.2 Å². The number of fused-ring (bicyclic) bond motifs is 1. The number of hydrogen-bond donors (Lipinski definition) is 2. The van der Waals surface area contributed by atoms with Crippen molar-refractivity contribution in [1.82, 2.24) is 4.57 Å². The van der Waals surface area contributed by atoms with Crippen molar-refractivity contribution in [2.75, 3.05) is 5.32 Å². The molecular weight excluding hydrogens is 587 g/mol. The van der Waals surface area contributed by atoms with Gasteiger partial charge in [0.1, 0.15) is 17.8 Å². The number of halogens is 3. The summed E-state index contributed by atoms with van der Waals surface area (Å²) in [5, 5.41) is 1.84. The van der Waals surface area contributed by atoms with Crippen LogP contribution < -0.4 is 16.6 Å². The number of nitrogens with one attached hydrogen (secondary N) is 1. The highest BCUT2D eigenvalue weighted by atomic mass is 28.4. The van der Waals surface area contributed by atoms with Gasteiger partial charge in [-0.15, -0.1) is 0 Å². The van der Waals surface area contributed by atoms with Crippen LogP contribution >= 0.6 is 0 Å². The van der Waals surface area contributed by atoms with Crippen molar-refractivity contribution in [3.05, 3.63) is 77.1 Å². The molecule has 11 heteroatoms. The highest BCUT2D eigenvalue weighted by Crippen LogP contribution is 2.45. The average molecular weight is 630 g/mol. The number of benzene rings is 2. The Morgan fingerprint density at radius 1 is 0.909 bits per heavy atom. The minimum Gasteiger partial charge on any atom is -0.405 e. The Morgan fingerprint density at radius 2 is 1.45 bits per heavy atom. The first-order valence-corrected chi connectivity index (χ1v) is 17.4. The van der Waals surface area contributed by atoms with Crippen molar-refractivity contribution in [2.24, 2.45) is 17.6 Å². The Bertz CT molecular complexity index is 1530. The van der Waals surface area contributed by atoms with E-state index in [1.165, 1.54) is 30.2 Å². The quantitative estimate of drug-likeness (QED) is 0.188. The Hall–Kier alpha value is -3.70. The van der Waals surface area contributed by atoms with E-state index in [0.717, 1.165) is 4.57 Å². The van der Waals surface area contributed by atoms with Crippen molar-refractivity contribution < 1.29 is 27.2 Å². The first-order chi connectivity index (χ1) is 20.3. The second-order valence-electron chi connectivity index (χ2n) is 12.9. The lowest BCUT2D eigenvalue weighted by atomic mass is 9.82. The topological polar surface area (TPSA) is 103 Å². The van der Waals surface area contributed by atoms with Crippen LogP contribution in [0.5, 0.6) is 0 Å². The maximum absolute atomic E-state index is 14.8. The van der Waals surface area contributed by atoms with Crippen LogP contribution in [-0.2, 0) is 14.0 Å². The number of alkyl halides is 3. The lowest BCUT2D eigenvalue weighted by molar-refractivity contribution is -0.222. The Labute approximate surface area is 257 Å². The predicted molar refractivity (Wildman–Crippen MR) is 171 cm³/mol. The molecule has 0 aliphatic heterocycles. The number of pyridine rings is 1. The van der Waals surface area contributed by atoms with Gasteiger partial charge in [0.2, 0.25) is 11.8 Å². The van der Waals surface area contributed by atoms with Gasteiger partial charge in [-0.25, -0.2) is 0 Å². The summed E-state index contributed by atoms with van der Waals surface area (Å²) >= 11 is 0. The number of hydrogen-bond acceptors (Lipinski definition) is 4. The molecular formula is C33H42F3N3O4Si. The van der Waals surface area contributed by atoms with Crippen molar-refractivity contribution in [2.45, 2.75) is 78.0 Å². The monoisotopic (exact) mass is 629 g/mol. The lowest BCUT2D eigenvalue weighted by Gasteiger charge is -2.44. The van der Waals surface area contributed by atoms with Crippen LogP contribution in [0.1, 0.15) is 47.6 Å². The van der Waals surface area contributed by atoms with Gasteiger partial charge in [0.25, 0.3) is 5.56 Å². The second kappa shape index (κ2) is 13.1. The molecule has 1 heterocycles. The second-order valence-corrected chi connectivity index (χ2v) is 17.7. The zero-order valence-electron chi connectivity index (χ0n) is 26.5. The van der Waals surface area contributed by atoms with Crippen molar-refractivity contribution in [3.8, 4) is 22.4 Å². The molecule has 0 saturated carbocycles. The van der Waals surface area contributed by atoms with Gasteiger partial charge in [0.15, 0.2) is 8.32 Å². The minimum absolute atomic E-state index is 0.181. The van der Waals surface area contributed by atoms with Gasteiger partial charge >= 0.3 is 6.18 Å². The fraction of sp³-hybridized carbons (Fsp3) is 0.424. The van der Waals surface area contributed by atoms with Crippen LogP contribution in [0.2, 0.25) is 18.1 Å². The summed E-state index contributed by atoms with van der Waals surface area (Å²) in [4.78, 5) is 38.5. The molecule has 2 amide bonds. The van der Waals surface area contributed by atoms with E-state index < -0.39 is 60.9 Å². The Kier molecular flexibility index (Phi) is 10.4. The number of rotatable bonds is 9. The molecule has 0 fully saturated rings. The number of aromatic nitrogens is 1. The van der Waals surface area contributed by atoms with Crippen molar-refractivity contribution in [3.63, 3.8) is 0 Å². The zero-order chi connectivity index (χ0) is 33.2. The summed E-state index contributed by atoms with van der Waals surface area (Å²) in [7, 11) is -3.01. The average Bonchev–Trinajstić information content (AvgIpc) is 3.50. The van der Waals surface area contributed by atoms with E-state index >= 15 is 0 Å². The van der Waals surface area contributed by atoms with Crippen LogP contribution in [-0.4, -0.2) is 37.0 Å². The summed E-state index contributed by atoms with van der Waals surface area (Å²) < 4.78 is 51.2. The Morgan fingerprint density at radius 3 is 1.84 bits per heavy atom. The van der Waals surface area contributed by atoms with Crippen molar-refractivity contribution in [1.29, 1.82) is 0 Å². The molecule has 3 N–H and O–H groups in total. The molecule has 0 radical (unpaired) electrons. The maximum Gasteiger partial charge on any atom is 0.413 e. The molecule has 2 aliphatic carbocycles. The third-order valence-corrected chi connectivity index (χ3v) is 12.7. The van der Waals surface area contributed by atoms with E-state index in [4.69, 9.17) is 10.2 Å². The molecule has 1 aromatic carbocycles. The van der Waals surface area contributed by atoms with Crippen LogP contribution in [0.15, 0.2) is 71.5 Å². The SMILES string of the molecule is CC(=O)Nc1ccc(-c2ccccc2)n(C(C(N)=O)C(C(C)C)C(O[Si](C)(C)C(C)(C)C)C(F)(F)F)c1=O.c1cc2cc-2c1. The molecule has 0 saturated heterocycles. The van der Waals surface area contributed by atoms with Gasteiger partial charge in [-0.1, -0.05) is 83.1 Å². The predicted octanol–water partition coefficient (Wildman–Crippen LogP) is 7.39. The van der Waals surface area contributed by atoms with E-state index in [2.05, 4.69) is 29.6 Å². The van der Waals surface area contributed by atoms with E-state index in [9.17, 15) is 27.6 Å². The van der Waals surface area contributed by atoms with E-state index in [1.54, 1.807) is 57.3 Å². The maximum atomic E-state index is 14.8. The van der Waals surface area contributed by atoms with Gasteiger partial charge in [0.05, 0.1) is 5.69 Å². The summed E-state index contributed by atoms with van der Waals surface area (Å²) in [6.45, 7) is 13.1. The summed E-state index contributed by atoms with van der Waals surface area (Å²) in [6.07, 6.45) is -7.23. The van der Waals surface area contributed by atoms with Crippen LogP contribution in [0.3, 0.4) is 0 Å². The molecule has 7 nitrogen and oxygen atoms in total. The number of carbonyl (C=O) groups excluding carboxylic acids is 2. The molecule has 238 valence electrons. The number of anilines is 1. The standard InChI is InChI=1S/C27H38F3N3O4Si.C6H4/c1-16(2)21(23(27(28,29)30)37-38(7,8)26(4,5)6)22(24(31)35)33-20(18-12-10-9-11-13-18)15-14-19(25(33)36)32-17(3)34;1-2-5-4-6(5)3-1/h9-16,21-23H,1-8H3,(H2,31,35)(H,32,34);1-4H. The molecule has 2 aromatic rings. The highest BCUT2D eigenvalue weighted by molar-refractivity contribution is 6.74. The molecule has 0 bridgehead atoms. The van der Waals surface area contributed by atoms with Gasteiger partial charge < -0.3 is 15.5 Å². The lowest BCUT2D eigenvalue weighted by Crippen LogP contribution is -2.55. The third-order valence-electron chi connectivity index (χ3n) is 8.21. The van der Waals surface area contributed by atoms with Crippen LogP contribution in [0.4, 0.5) is 18.9 Å². The van der Waals surface area contributed by atoms with Crippen LogP contribution in [0, 0.1) is 11.8 Å². The molecule has 0 spiro atoms. The highest BCUT2D eigenvalue weighted by Gasteiger charge is 2.55. The first kappa shape index (κ1) is 34.8. The molecule has 3 unspecified atom stereocenters. The molecule has 1 aromatic heterocycles. The van der Waals surface area contributed by atoms with Crippen LogP contribution in [0.25, 0.3) is 22.4 Å². The normalized spacial score (nSPS) is 14.6. The number of nitrogens with zero attached hydrogens (tertiary/aromatic N) is 1. The van der Waals surface area contributed by atoms with Gasteiger partial charge in [0, 0.05) is 12.8 Å². The smallest absolute Gasteiger partial charge is 0.405 e. The largest absolute Gasteiger partial charge is 0.413 e. The first-order valence-electron chi connectivity index (χ1n) is 14.5. The number of amides is 2. The Balaban J connectivity index is 0.000000769. The third kappa shape index (κ3) is 8.06. The van der Waals surface area contributed by atoms with E-state index in [1.807, 2.05) is 20.8 Å². The van der Waals surface area contributed by atoms with E-state index in [0.29, 0.717) is 5.56 Å². The fourth-order valence-corrected chi connectivity index (χ4v) is 6.14. The van der Waals surface area contributed by atoms with Gasteiger partial charge in [-0.3, -0.25) is 19.0 Å². The number of nitrogens with two attached hydrogens (primary N) is 1.